The highest BCUT2D eigenvalue weighted by atomic mass is 35.5. The predicted octanol–water partition coefficient (Wildman–Crippen LogP) is 3.15. The first kappa shape index (κ1) is 23.0. The summed E-state index contributed by atoms with van der Waals surface area (Å²) in [6, 6.07) is 7.75. The lowest BCUT2D eigenvalue weighted by molar-refractivity contribution is -0.158. The average molecular weight is 451 g/mol. The van der Waals surface area contributed by atoms with Gasteiger partial charge in [0.15, 0.2) is 0 Å². The molecule has 3 fully saturated rings. The van der Waals surface area contributed by atoms with Gasteiger partial charge >= 0.3 is 0 Å². The lowest BCUT2D eigenvalue weighted by Crippen LogP contribution is -2.56. The molecule has 0 radical (unpaired) electrons. The minimum Gasteiger partial charge on any atom is -0.389 e. The Labute approximate surface area is 190 Å². The molecule has 0 aromatic heterocycles. The number of aliphatic hydroxyl groups is 1. The van der Waals surface area contributed by atoms with Crippen molar-refractivity contribution < 1.29 is 19.4 Å². The fourth-order valence-corrected chi connectivity index (χ4v) is 5.39. The second-order valence-corrected chi connectivity index (χ2v) is 9.78. The first-order chi connectivity index (χ1) is 15.1. The fourth-order valence-electron chi connectivity index (χ4n) is 5.26. The van der Waals surface area contributed by atoms with Gasteiger partial charge in [-0.1, -0.05) is 36.6 Å². The number of nitrogens with one attached hydrogen (secondary N) is 1. The number of carbonyl (C=O) groups is 1. The van der Waals surface area contributed by atoms with Gasteiger partial charge in [-0.3, -0.25) is 9.69 Å². The summed E-state index contributed by atoms with van der Waals surface area (Å²) in [6.07, 6.45) is 6.83. The predicted molar refractivity (Wildman–Crippen MR) is 120 cm³/mol. The molecule has 0 bridgehead atoms. The maximum Gasteiger partial charge on any atom is 0.222 e. The highest BCUT2D eigenvalue weighted by Gasteiger charge is 2.38. The Morgan fingerprint density at radius 3 is 2.68 bits per heavy atom. The van der Waals surface area contributed by atoms with E-state index in [1.165, 1.54) is 25.7 Å². The van der Waals surface area contributed by atoms with Crippen LogP contribution in [0.5, 0.6) is 0 Å². The number of nitrogens with zero attached hydrogens (tertiary/aromatic N) is 1. The van der Waals surface area contributed by atoms with E-state index in [1.807, 2.05) is 24.3 Å². The van der Waals surface area contributed by atoms with Gasteiger partial charge < -0.3 is 19.9 Å². The number of β-amino-alcohol motifs (C(OH)–C–C–N with tert-alkyl or cyclic N) is 1. The molecule has 0 unspecified atom stereocenters. The number of aliphatic hydroxyl groups excluding tert-OH is 1. The highest BCUT2D eigenvalue weighted by molar-refractivity contribution is 6.30. The summed E-state index contributed by atoms with van der Waals surface area (Å²) in [7, 11) is 0. The van der Waals surface area contributed by atoms with Crippen LogP contribution in [0.1, 0.15) is 50.5 Å². The van der Waals surface area contributed by atoms with Crippen LogP contribution in [0.4, 0.5) is 0 Å². The summed E-state index contributed by atoms with van der Waals surface area (Å²) < 4.78 is 12.1. The molecular formula is C24H35ClN2O4. The number of hydrogen-bond acceptors (Lipinski definition) is 5. The Hall–Kier alpha value is -1.18. The Bertz CT molecular complexity index is 710. The van der Waals surface area contributed by atoms with Crippen LogP contribution in [-0.2, 0) is 20.8 Å². The molecule has 1 aliphatic carbocycles. The molecule has 0 spiro atoms. The minimum absolute atomic E-state index is 0.00314. The van der Waals surface area contributed by atoms with E-state index in [1.54, 1.807) is 0 Å². The Morgan fingerprint density at radius 2 is 1.90 bits per heavy atom. The molecule has 4 rings (SSSR count). The standard InChI is InChI=1S/C24H35ClN2O4/c25-19-7-5-17(6-8-19)12-26-24(29)11-21-9-10-22-23(31-21)16-30-15-20(28)14-27(22)13-18-3-1-2-4-18/h5-8,18,20-23,28H,1-4,9-16H2,(H,26,29)/t20-,21+,22+,23-/m1/s1. The molecule has 31 heavy (non-hydrogen) atoms. The summed E-state index contributed by atoms with van der Waals surface area (Å²) in [6.45, 7) is 3.00. The molecule has 3 aliphatic rings. The Kier molecular flexibility index (Phi) is 8.24. The van der Waals surface area contributed by atoms with Gasteiger partial charge in [0, 0.05) is 30.7 Å². The van der Waals surface area contributed by atoms with Crippen LogP contribution in [-0.4, -0.2) is 66.6 Å². The second-order valence-electron chi connectivity index (χ2n) is 9.34. The van der Waals surface area contributed by atoms with Crippen LogP contribution >= 0.6 is 11.6 Å². The van der Waals surface area contributed by atoms with Crippen LogP contribution in [0.2, 0.25) is 5.02 Å². The third kappa shape index (κ3) is 6.65. The van der Waals surface area contributed by atoms with Crippen molar-refractivity contribution >= 4 is 17.5 Å². The number of amides is 1. The van der Waals surface area contributed by atoms with Crippen LogP contribution in [0.3, 0.4) is 0 Å². The summed E-state index contributed by atoms with van der Waals surface area (Å²) in [5.41, 5.74) is 1.02. The lowest BCUT2D eigenvalue weighted by Gasteiger charge is -2.45. The number of carbonyl (C=O) groups excluding carboxylic acids is 1. The zero-order valence-corrected chi connectivity index (χ0v) is 18.9. The molecule has 1 saturated carbocycles. The molecule has 1 aromatic carbocycles. The van der Waals surface area contributed by atoms with E-state index in [4.69, 9.17) is 21.1 Å². The number of hydrogen-bond donors (Lipinski definition) is 2. The second kappa shape index (κ2) is 11.1. The van der Waals surface area contributed by atoms with E-state index in [2.05, 4.69) is 10.2 Å². The zero-order valence-electron chi connectivity index (χ0n) is 18.2. The van der Waals surface area contributed by atoms with Gasteiger partial charge in [0.05, 0.1) is 37.9 Å². The Morgan fingerprint density at radius 1 is 1.13 bits per heavy atom. The van der Waals surface area contributed by atoms with Crippen molar-refractivity contribution in [3.05, 3.63) is 34.9 Å². The maximum absolute atomic E-state index is 12.5. The molecule has 2 aliphatic heterocycles. The molecule has 2 N–H and O–H groups in total. The van der Waals surface area contributed by atoms with Crippen LogP contribution in [0.15, 0.2) is 24.3 Å². The van der Waals surface area contributed by atoms with Gasteiger partial charge in [0.1, 0.15) is 0 Å². The van der Waals surface area contributed by atoms with Crippen molar-refractivity contribution in [2.45, 2.75) is 75.8 Å². The summed E-state index contributed by atoms with van der Waals surface area (Å²) in [5.74, 6) is 0.730. The highest BCUT2D eigenvalue weighted by Crippen LogP contribution is 2.31. The largest absolute Gasteiger partial charge is 0.389 e. The van der Waals surface area contributed by atoms with E-state index >= 15 is 0 Å². The van der Waals surface area contributed by atoms with Crippen molar-refractivity contribution in [1.82, 2.24) is 10.2 Å². The van der Waals surface area contributed by atoms with E-state index in [-0.39, 0.29) is 24.2 Å². The van der Waals surface area contributed by atoms with Crippen molar-refractivity contribution in [2.24, 2.45) is 5.92 Å². The SMILES string of the molecule is O=C(C[C@@H]1CC[C@H]2[C@@H](COC[C@H](O)CN2CC2CCCC2)O1)NCc1ccc(Cl)cc1. The number of fused-ring (bicyclic) bond motifs is 1. The number of benzene rings is 1. The minimum atomic E-state index is -0.446. The van der Waals surface area contributed by atoms with Crippen molar-refractivity contribution in [3.8, 4) is 0 Å². The van der Waals surface area contributed by atoms with E-state index in [0.717, 1.165) is 30.9 Å². The summed E-state index contributed by atoms with van der Waals surface area (Å²) in [4.78, 5) is 14.9. The first-order valence-electron chi connectivity index (χ1n) is 11.7. The molecule has 172 valence electrons. The molecule has 1 aromatic rings. The quantitative estimate of drug-likeness (QED) is 0.696. The summed E-state index contributed by atoms with van der Waals surface area (Å²) >= 11 is 5.91. The number of halogens is 1. The monoisotopic (exact) mass is 450 g/mol. The van der Waals surface area contributed by atoms with E-state index in [0.29, 0.717) is 37.7 Å². The molecule has 1 amide bonds. The molecule has 2 heterocycles. The molecule has 6 nitrogen and oxygen atoms in total. The maximum atomic E-state index is 12.5. The zero-order chi connectivity index (χ0) is 21.6. The molecule has 2 saturated heterocycles. The average Bonchev–Trinajstić information content (AvgIpc) is 3.25. The Balaban J connectivity index is 1.29. The van der Waals surface area contributed by atoms with Gasteiger partial charge in [-0.15, -0.1) is 0 Å². The van der Waals surface area contributed by atoms with Gasteiger partial charge in [0.2, 0.25) is 5.91 Å². The van der Waals surface area contributed by atoms with Gasteiger partial charge in [-0.05, 0) is 49.3 Å². The van der Waals surface area contributed by atoms with Crippen molar-refractivity contribution in [2.75, 3.05) is 26.3 Å². The van der Waals surface area contributed by atoms with E-state index in [9.17, 15) is 9.90 Å². The third-order valence-corrected chi connectivity index (χ3v) is 7.12. The van der Waals surface area contributed by atoms with Crippen LogP contribution in [0.25, 0.3) is 0 Å². The van der Waals surface area contributed by atoms with Gasteiger partial charge in [-0.2, -0.15) is 0 Å². The molecule has 4 atom stereocenters. The summed E-state index contributed by atoms with van der Waals surface area (Å²) in [5, 5.41) is 14.0. The van der Waals surface area contributed by atoms with Gasteiger partial charge in [0.25, 0.3) is 0 Å². The molecule has 7 heteroatoms. The van der Waals surface area contributed by atoms with Crippen LogP contribution in [0, 0.1) is 5.92 Å². The van der Waals surface area contributed by atoms with E-state index < -0.39 is 6.10 Å². The van der Waals surface area contributed by atoms with Crippen molar-refractivity contribution in [3.63, 3.8) is 0 Å². The lowest BCUT2D eigenvalue weighted by atomic mass is 9.93. The first-order valence-corrected chi connectivity index (χ1v) is 12.1. The van der Waals surface area contributed by atoms with Crippen molar-refractivity contribution in [1.29, 1.82) is 0 Å². The molecular weight excluding hydrogens is 416 g/mol. The normalized spacial score (nSPS) is 30.4. The fraction of sp³-hybridized carbons (Fsp3) is 0.708. The topological polar surface area (TPSA) is 71.0 Å². The number of rotatable bonds is 6. The van der Waals surface area contributed by atoms with Gasteiger partial charge in [-0.25, -0.2) is 0 Å². The third-order valence-electron chi connectivity index (χ3n) is 6.87. The number of ether oxygens (including phenoxy) is 2. The smallest absolute Gasteiger partial charge is 0.222 e. The van der Waals surface area contributed by atoms with Crippen LogP contribution < -0.4 is 5.32 Å².